The molecular formula is C23H23NO7. The van der Waals surface area contributed by atoms with E-state index in [2.05, 4.69) is 0 Å². The zero-order chi connectivity index (χ0) is 22.2. The normalized spacial score (nSPS) is 30.1. The van der Waals surface area contributed by atoms with Crippen LogP contribution in [-0.2, 0) is 27.2 Å². The molecule has 0 saturated heterocycles. The lowest BCUT2D eigenvalue weighted by molar-refractivity contribution is -0.147. The standard InChI is InChI=1S/C23H23NO7/c24-22(30)18-15(26)8-12-6-11-7-13-10(5-9-1-2-9)3-4-14(25)17(13)19(27)16(11)20(28)23(12,31)21(18)29/h3-4,9,11-12,25,27,29,31H,1-2,5-8H2,(H2,24,30)/t11?,12?,23-/m0/s1. The van der Waals surface area contributed by atoms with E-state index in [9.17, 15) is 34.8 Å². The third-order valence-electron chi connectivity index (χ3n) is 7.25. The summed E-state index contributed by atoms with van der Waals surface area (Å²) in [5, 5.41) is 43.2. The number of aromatic hydroxyl groups is 1. The predicted octanol–water partition coefficient (Wildman–Crippen LogP) is 1.38. The summed E-state index contributed by atoms with van der Waals surface area (Å²) in [6.45, 7) is 0. The van der Waals surface area contributed by atoms with E-state index in [0.29, 0.717) is 12.3 Å². The van der Waals surface area contributed by atoms with Gasteiger partial charge in [0.2, 0.25) is 5.78 Å². The molecule has 0 spiro atoms. The number of Topliss-reactive ketones (excluding diaryl/α,β-unsaturated/α-hetero) is 2. The van der Waals surface area contributed by atoms with Crippen LogP contribution >= 0.6 is 0 Å². The molecule has 0 radical (unpaired) electrons. The first kappa shape index (κ1) is 19.8. The van der Waals surface area contributed by atoms with Crippen LogP contribution in [0.2, 0.25) is 0 Å². The van der Waals surface area contributed by atoms with Crippen LogP contribution in [0.3, 0.4) is 0 Å². The second-order valence-electron chi connectivity index (χ2n) is 9.15. The van der Waals surface area contributed by atoms with Gasteiger partial charge in [0.1, 0.15) is 22.8 Å². The highest BCUT2D eigenvalue weighted by Gasteiger charge is 2.60. The predicted molar refractivity (Wildman–Crippen MR) is 108 cm³/mol. The van der Waals surface area contributed by atoms with Crippen LogP contribution in [0.15, 0.2) is 29.0 Å². The molecule has 2 saturated carbocycles. The Morgan fingerprint density at radius 2 is 1.84 bits per heavy atom. The molecule has 5 rings (SSSR count). The number of phenolic OH excluding ortho intramolecular Hbond substituents is 1. The molecule has 0 bridgehead atoms. The number of fused-ring (bicyclic) bond motifs is 3. The fraction of sp³-hybridized carbons (Fsp3) is 0.435. The number of primary amides is 1. The molecule has 2 unspecified atom stereocenters. The third kappa shape index (κ3) is 2.67. The highest BCUT2D eigenvalue weighted by molar-refractivity contribution is 6.22. The Hall–Kier alpha value is -3.13. The molecule has 31 heavy (non-hydrogen) atoms. The largest absolute Gasteiger partial charge is 0.508 e. The van der Waals surface area contributed by atoms with Gasteiger partial charge in [-0.3, -0.25) is 14.4 Å². The van der Waals surface area contributed by atoms with Crippen molar-refractivity contribution in [3.05, 3.63) is 45.7 Å². The van der Waals surface area contributed by atoms with Crippen molar-refractivity contribution >= 4 is 23.2 Å². The van der Waals surface area contributed by atoms with E-state index in [1.165, 1.54) is 6.07 Å². The maximum atomic E-state index is 13.4. The first-order valence-corrected chi connectivity index (χ1v) is 10.5. The van der Waals surface area contributed by atoms with E-state index in [4.69, 9.17) is 5.73 Å². The van der Waals surface area contributed by atoms with Crippen LogP contribution in [0.4, 0.5) is 0 Å². The molecule has 4 aliphatic carbocycles. The molecule has 4 aliphatic rings. The number of ketones is 2. The van der Waals surface area contributed by atoms with Gasteiger partial charge in [-0.15, -0.1) is 0 Å². The van der Waals surface area contributed by atoms with Gasteiger partial charge in [-0.05, 0) is 61.1 Å². The number of aliphatic hydroxyl groups is 3. The fourth-order valence-corrected chi connectivity index (χ4v) is 5.51. The Bertz CT molecular complexity index is 1130. The Morgan fingerprint density at radius 1 is 1.13 bits per heavy atom. The quantitative estimate of drug-likeness (QED) is 0.458. The summed E-state index contributed by atoms with van der Waals surface area (Å²) in [7, 11) is 0. The highest BCUT2D eigenvalue weighted by Crippen LogP contribution is 2.52. The number of rotatable bonds is 3. The summed E-state index contributed by atoms with van der Waals surface area (Å²) in [4.78, 5) is 37.4. The van der Waals surface area contributed by atoms with Crippen molar-refractivity contribution in [3.63, 3.8) is 0 Å². The van der Waals surface area contributed by atoms with Gasteiger partial charge in [0, 0.05) is 17.9 Å². The molecule has 1 aromatic rings. The number of hydrogen-bond acceptors (Lipinski definition) is 7. The first-order valence-electron chi connectivity index (χ1n) is 10.5. The van der Waals surface area contributed by atoms with Gasteiger partial charge in [0.25, 0.3) is 5.91 Å². The summed E-state index contributed by atoms with van der Waals surface area (Å²) < 4.78 is 0. The van der Waals surface area contributed by atoms with Gasteiger partial charge < -0.3 is 26.2 Å². The molecule has 0 heterocycles. The Kier molecular flexibility index (Phi) is 4.11. The Balaban J connectivity index is 1.67. The molecule has 8 nitrogen and oxygen atoms in total. The van der Waals surface area contributed by atoms with E-state index in [1.54, 1.807) is 0 Å². The lowest BCUT2D eigenvalue weighted by atomic mass is 9.59. The summed E-state index contributed by atoms with van der Waals surface area (Å²) >= 11 is 0. The number of aliphatic hydroxyl groups excluding tert-OH is 2. The zero-order valence-corrected chi connectivity index (χ0v) is 16.7. The van der Waals surface area contributed by atoms with Gasteiger partial charge >= 0.3 is 0 Å². The molecule has 3 atom stereocenters. The summed E-state index contributed by atoms with van der Waals surface area (Å²) in [6, 6.07) is 3.32. The van der Waals surface area contributed by atoms with Crippen molar-refractivity contribution in [2.24, 2.45) is 23.5 Å². The van der Waals surface area contributed by atoms with Gasteiger partial charge in [-0.1, -0.05) is 6.07 Å². The molecule has 8 heteroatoms. The molecule has 0 aliphatic heterocycles. The maximum Gasteiger partial charge on any atom is 0.255 e. The van der Waals surface area contributed by atoms with E-state index >= 15 is 0 Å². The minimum absolute atomic E-state index is 0.102. The van der Waals surface area contributed by atoms with Crippen LogP contribution in [0, 0.1) is 17.8 Å². The minimum Gasteiger partial charge on any atom is -0.508 e. The van der Waals surface area contributed by atoms with Gasteiger partial charge in [-0.25, -0.2) is 0 Å². The van der Waals surface area contributed by atoms with Crippen LogP contribution in [-0.4, -0.2) is 43.5 Å². The van der Waals surface area contributed by atoms with E-state index < -0.39 is 52.0 Å². The van der Waals surface area contributed by atoms with Crippen LogP contribution in [0.5, 0.6) is 5.75 Å². The van der Waals surface area contributed by atoms with Crippen molar-refractivity contribution in [2.45, 2.75) is 44.1 Å². The monoisotopic (exact) mass is 425 g/mol. The number of amides is 1. The third-order valence-corrected chi connectivity index (χ3v) is 7.25. The van der Waals surface area contributed by atoms with Crippen LogP contribution in [0.1, 0.15) is 42.4 Å². The van der Waals surface area contributed by atoms with Crippen LogP contribution in [0.25, 0.3) is 5.76 Å². The molecule has 2 fully saturated rings. The van der Waals surface area contributed by atoms with E-state index in [-0.39, 0.29) is 29.7 Å². The molecule has 1 aromatic carbocycles. The lowest BCUT2D eigenvalue weighted by Gasteiger charge is -2.46. The number of benzene rings is 1. The molecular weight excluding hydrogens is 402 g/mol. The average molecular weight is 425 g/mol. The van der Waals surface area contributed by atoms with Gasteiger partial charge in [0.15, 0.2) is 11.4 Å². The van der Waals surface area contributed by atoms with Crippen molar-refractivity contribution < 1.29 is 34.8 Å². The first-order chi connectivity index (χ1) is 14.6. The van der Waals surface area contributed by atoms with Crippen molar-refractivity contribution in [3.8, 4) is 5.75 Å². The van der Waals surface area contributed by atoms with E-state index in [0.717, 1.165) is 30.4 Å². The molecule has 6 N–H and O–H groups in total. The summed E-state index contributed by atoms with van der Waals surface area (Å²) in [5.74, 6) is -5.41. The highest BCUT2D eigenvalue weighted by atomic mass is 16.3. The SMILES string of the molecule is NC(=O)C1=C(O)[C@@]2(O)C(=O)C3=C(O)c4c(O)ccc(CC5CC5)c4CC3CC2CC1=O. The lowest BCUT2D eigenvalue weighted by Crippen LogP contribution is -2.58. The molecule has 162 valence electrons. The van der Waals surface area contributed by atoms with Crippen molar-refractivity contribution in [1.82, 2.24) is 0 Å². The van der Waals surface area contributed by atoms with Gasteiger partial charge in [0.05, 0.1) is 5.56 Å². The Labute approximate surface area is 177 Å². The molecule has 0 aromatic heterocycles. The molecule has 1 amide bonds. The van der Waals surface area contributed by atoms with E-state index in [1.807, 2.05) is 6.07 Å². The number of hydrogen-bond donors (Lipinski definition) is 5. The second-order valence-corrected chi connectivity index (χ2v) is 9.15. The average Bonchev–Trinajstić information content (AvgIpc) is 3.50. The Morgan fingerprint density at radius 3 is 2.48 bits per heavy atom. The number of nitrogens with two attached hydrogens (primary N) is 1. The van der Waals surface area contributed by atoms with Crippen LogP contribution < -0.4 is 5.73 Å². The number of carbonyl (C=O) groups is 3. The fourth-order valence-electron chi connectivity index (χ4n) is 5.51. The maximum absolute atomic E-state index is 13.4. The minimum atomic E-state index is -2.52. The zero-order valence-electron chi connectivity index (χ0n) is 16.7. The topological polar surface area (TPSA) is 158 Å². The number of carbonyl (C=O) groups excluding carboxylic acids is 3. The van der Waals surface area contributed by atoms with Crippen molar-refractivity contribution in [2.75, 3.05) is 0 Å². The second kappa shape index (κ2) is 6.43. The van der Waals surface area contributed by atoms with Gasteiger partial charge in [-0.2, -0.15) is 0 Å². The van der Waals surface area contributed by atoms with Crippen molar-refractivity contribution in [1.29, 1.82) is 0 Å². The number of phenols is 1. The smallest absolute Gasteiger partial charge is 0.255 e. The summed E-state index contributed by atoms with van der Waals surface area (Å²) in [5.41, 5.74) is 3.74. The summed E-state index contributed by atoms with van der Waals surface area (Å²) in [6.07, 6.45) is 3.30.